The van der Waals surface area contributed by atoms with E-state index in [-0.39, 0.29) is 17.3 Å². The summed E-state index contributed by atoms with van der Waals surface area (Å²) in [6.45, 7) is -0.0353. The third kappa shape index (κ3) is 3.41. The van der Waals surface area contributed by atoms with Crippen molar-refractivity contribution in [3.63, 3.8) is 0 Å². The van der Waals surface area contributed by atoms with E-state index in [1.165, 1.54) is 16.3 Å². The first-order valence-corrected chi connectivity index (χ1v) is 10.9. The molecule has 162 valence electrons. The van der Waals surface area contributed by atoms with Crippen LogP contribution in [0.15, 0.2) is 71.4 Å². The highest BCUT2D eigenvalue weighted by Gasteiger charge is 2.41. The summed E-state index contributed by atoms with van der Waals surface area (Å²) >= 11 is 1.25. The first kappa shape index (κ1) is 20.2. The summed E-state index contributed by atoms with van der Waals surface area (Å²) in [7, 11) is 1.59. The van der Waals surface area contributed by atoms with Crippen LogP contribution in [-0.4, -0.2) is 44.5 Å². The van der Waals surface area contributed by atoms with Crippen molar-refractivity contribution in [2.24, 2.45) is 5.10 Å². The average Bonchev–Trinajstić information content (AvgIpc) is 3.51. The number of hydrogen-bond donors (Lipinski definition) is 3. The monoisotopic (exact) mass is 447 g/mol. The lowest BCUT2D eigenvalue weighted by Crippen LogP contribution is -2.36. The van der Waals surface area contributed by atoms with Gasteiger partial charge in [0.2, 0.25) is 0 Å². The maximum atomic E-state index is 13.3. The zero-order valence-electron chi connectivity index (χ0n) is 17.2. The number of fused-ring (bicyclic) bond motifs is 1. The van der Waals surface area contributed by atoms with Crippen molar-refractivity contribution in [2.45, 2.75) is 18.7 Å². The van der Waals surface area contributed by atoms with Gasteiger partial charge in [-0.25, -0.2) is 5.01 Å². The molecule has 0 fully saturated rings. The number of aliphatic hydroxyl groups is 1. The molecule has 0 unspecified atom stereocenters. The number of ether oxygens (including phenoxy) is 1. The Morgan fingerprint density at radius 3 is 2.75 bits per heavy atom. The zero-order chi connectivity index (χ0) is 22.2. The van der Waals surface area contributed by atoms with Gasteiger partial charge in [0.25, 0.3) is 5.91 Å². The lowest BCUT2D eigenvalue weighted by Gasteiger charge is -2.24. The molecule has 8 nitrogen and oxygen atoms in total. The second-order valence-electron chi connectivity index (χ2n) is 7.47. The van der Waals surface area contributed by atoms with Gasteiger partial charge < -0.3 is 19.4 Å². The molecule has 0 saturated carbocycles. The number of methoxy groups -OCH3 is 1. The molecule has 1 amide bonds. The van der Waals surface area contributed by atoms with Crippen molar-refractivity contribution in [2.75, 3.05) is 7.11 Å². The van der Waals surface area contributed by atoms with Crippen LogP contribution in [0.1, 0.15) is 17.2 Å². The van der Waals surface area contributed by atoms with Crippen LogP contribution in [0.3, 0.4) is 0 Å². The number of carbonyl (C=O) groups excluding carboxylic acids is 1. The SMILES string of the molecule is COc1ccc([C@H]2[C@@H](O)C(c3c[nH]c4ccccc34)=NN2C(=O)Cn2ccsc2=N)cc1. The highest BCUT2D eigenvalue weighted by atomic mass is 32.1. The van der Waals surface area contributed by atoms with Gasteiger partial charge in [0.15, 0.2) is 4.80 Å². The van der Waals surface area contributed by atoms with Gasteiger partial charge in [-0.2, -0.15) is 5.10 Å². The van der Waals surface area contributed by atoms with Gasteiger partial charge in [0.05, 0.1) is 7.11 Å². The van der Waals surface area contributed by atoms with Gasteiger partial charge in [-0.1, -0.05) is 30.3 Å². The Morgan fingerprint density at radius 1 is 1.25 bits per heavy atom. The normalized spacial score (nSPS) is 18.2. The van der Waals surface area contributed by atoms with E-state index in [1.54, 1.807) is 41.6 Å². The first-order chi connectivity index (χ1) is 15.6. The second-order valence-corrected chi connectivity index (χ2v) is 8.36. The number of thiazole rings is 1. The average molecular weight is 448 g/mol. The van der Waals surface area contributed by atoms with Gasteiger partial charge >= 0.3 is 0 Å². The minimum Gasteiger partial charge on any atom is -0.497 e. The van der Waals surface area contributed by atoms with Crippen molar-refractivity contribution in [3.8, 4) is 5.75 Å². The zero-order valence-corrected chi connectivity index (χ0v) is 18.0. The highest BCUT2D eigenvalue weighted by molar-refractivity contribution is 7.06. The molecule has 2 aromatic carbocycles. The fraction of sp³-hybridized carbons (Fsp3) is 0.174. The number of hydrazone groups is 1. The number of para-hydroxylation sites is 1. The third-order valence-corrected chi connectivity index (χ3v) is 6.34. The van der Waals surface area contributed by atoms with Crippen molar-refractivity contribution in [3.05, 3.63) is 82.2 Å². The second kappa shape index (κ2) is 8.10. The predicted molar refractivity (Wildman–Crippen MR) is 122 cm³/mol. The molecule has 9 heteroatoms. The Bertz CT molecular complexity index is 1370. The Kier molecular flexibility index (Phi) is 5.12. The smallest absolute Gasteiger partial charge is 0.263 e. The van der Waals surface area contributed by atoms with Gasteiger partial charge in [0.1, 0.15) is 30.2 Å². The molecule has 4 aromatic rings. The molecule has 32 heavy (non-hydrogen) atoms. The molecule has 1 aliphatic rings. The number of hydrogen-bond acceptors (Lipinski definition) is 6. The van der Waals surface area contributed by atoms with Gasteiger partial charge in [-0.3, -0.25) is 10.2 Å². The summed E-state index contributed by atoms with van der Waals surface area (Å²) in [5, 5.41) is 27.9. The number of nitrogens with one attached hydrogen (secondary N) is 2. The molecule has 2 atom stereocenters. The Hall–Kier alpha value is -3.69. The molecule has 0 radical (unpaired) electrons. The quantitative estimate of drug-likeness (QED) is 0.438. The molecule has 0 saturated heterocycles. The number of amides is 1. The number of nitrogens with zero attached hydrogens (tertiary/aromatic N) is 3. The van der Waals surface area contributed by atoms with Crippen molar-refractivity contribution < 1.29 is 14.6 Å². The molecule has 0 spiro atoms. The van der Waals surface area contributed by atoms with E-state index in [9.17, 15) is 9.90 Å². The van der Waals surface area contributed by atoms with Crippen LogP contribution in [0.2, 0.25) is 0 Å². The number of aromatic amines is 1. The molecule has 3 heterocycles. The van der Waals surface area contributed by atoms with Crippen molar-refractivity contribution in [1.29, 1.82) is 5.41 Å². The molecular weight excluding hydrogens is 426 g/mol. The van der Waals surface area contributed by atoms with Crippen LogP contribution in [-0.2, 0) is 11.3 Å². The number of benzene rings is 2. The number of aliphatic hydroxyl groups excluding tert-OH is 1. The van der Waals surface area contributed by atoms with E-state index >= 15 is 0 Å². The topological polar surface area (TPSA) is 107 Å². The third-order valence-electron chi connectivity index (χ3n) is 5.62. The first-order valence-electron chi connectivity index (χ1n) is 10.0. The molecule has 5 rings (SSSR count). The Balaban J connectivity index is 1.57. The van der Waals surface area contributed by atoms with Gasteiger partial charge in [-0.05, 0) is 23.8 Å². The maximum absolute atomic E-state index is 13.3. The lowest BCUT2D eigenvalue weighted by molar-refractivity contribution is -0.135. The van der Waals surface area contributed by atoms with Crippen LogP contribution >= 0.6 is 11.3 Å². The van der Waals surface area contributed by atoms with Crippen LogP contribution in [0, 0.1) is 5.41 Å². The largest absolute Gasteiger partial charge is 0.497 e. The summed E-state index contributed by atoms with van der Waals surface area (Å²) in [6, 6.07) is 14.3. The molecule has 0 aliphatic carbocycles. The molecule has 2 aromatic heterocycles. The number of rotatable bonds is 5. The predicted octanol–water partition coefficient (Wildman–Crippen LogP) is 2.87. The van der Waals surface area contributed by atoms with Crippen LogP contribution in [0.5, 0.6) is 5.75 Å². The van der Waals surface area contributed by atoms with E-state index in [4.69, 9.17) is 10.1 Å². The summed E-state index contributed by atoms with van der Waals surface area (Å²) in [4.78, 5) is 16.8. The van der Waals surface area contributed by atoms with Gasteiger partial charge in [0, 0.05) is 34.2 Å². The van der Waals surface area contributed by atoms with Crippen LogP contribution < -0.4 is 9.54 Å². The molecule has 3 N–H and O–H groups in total. The Morgan fingerprint density at radius 2 is 2.03 bits per heavy atom. The van der Waals surface area contributed by atoms with E-state index in [2.05, 4.69) is 10.1 Å². The fourth-order valence-electron chi connectivity index (χ4n) is 4.00. The lowest BCUT2D eigenvalue weighted by atomic mass is 9.95. The molecule has 1 aliphatic heterocycles. The number of carbonyl (C=O) groups is 1. The summed E-state index contributed by atoms with van der Waals surface area (Å²) in [5.74, 6) is 0.376. The minimum atomic E-state index is -1.02. The maximum Gasteiger partial charge on any atom is 0.263 e. The fourth-order valence-corrected chi connectivity index (χ4v) is 4.60. The molecular formula is C23H21N5O3S. The van der Waals surface area contributed by atoms with E-state index in [0.717, 1.165) is 22.0 Å². The van der Waals surface area contributed by atoms with Crippen molar-refractivity contribution >= 4 is 33.9 Å². The van der Waals surface area contributed by atoms with Crippen LogP contribution in [0.4, 0.5) is 0 Å². The minimum absolute atomic E-state index is 0.0353. The van der Waals surface area contributed by atoms with Crippen LogP contribution in [0.25, 0.3) is 10.9 Å². The molecule has 0 bridgehead atoms. The highest BCUT2D eigenvalue weighted by Crippen LogP contribution is 2.35. The summed E-state index contributed by atoms with van der Waals surface area (Å²) in [5.41, 5.74) is 2.85. The number of H-pyrrole nitrogens is 1. The Labute approximate surface area is 187 Å². The van der Waals surface area contributed by atoms with E-state index < -0.39 is 12.1 Å². The van der Waals surface area contributed by atoms with Gasteiger partial charge in [-0.15, -0.1) is 11.3 Å². The van der Waals surface area contributed by atoms with E-state index in [1.807, 2.05) is 36.4 Å². The summed E-state index contributed by atoms with van der Waals surface area (Å²) < 4.78 is 6.80. The number of aromatic nitrogens is 2. The summed E-state index contributed by atoms with van der Waals surface area (Å²) in [6.07, 6.45) is 2.49. The van der Waals surface area contributed by atoms with E-state index in [0.29, 0.717) is 11.5 Å². The standard InChI is InChI=1S/C23H21N5O3S/c1-31-15-8-6-14(7-9-15)21-22(30)20(17-12-25-18-5-3-2-4-16(17)18)26-28(21)19(29)13-27-10-11-32-23(27)24/h2-12,21-22,24-25,30H,13H2,1H3/t21-,22-/m0/s1. The van der Waals surface area contributed by atoms with Crippen molar-refractivity contribution in [1.82, 2.24) is 14.6 Å².